The standard InChI is InChI=1S/C14H28N8O2/c1-14(2,3)24-13(23)19-8-4-6-17-10-12(21-15)11-18-7-5-9-20-22-16/h10,18H,4-9,11,15H2,1-3H3,(H,19,23)/b17-10?,21-12+. The molecule has 0 aromatic heterocycles. The zero-order chi connectivity index (χ0) is 18.3. The number of carbonyl (C=O) groups is 1. The van der Waals surface area contributed by atoms with Gasteiger partial charge in [-0.1, -0.05) is 5.11 Å². The molecule has 0 bridgehead atoms. The van der Waals surface area contributed by atoms with Crippen LogP contribution in [0.2, 0.25) is 0 Å². The largest absolute Gasteiger partial charge is 0.444 e. The van der Waals surface area contributed by atoms with E-state index in [2.05, 4.69) is 30.8 Å². The first-order valence-corrected chi connectivity index (χ1v) is 7.84. The fourth-order valence-corrected chi connectivity index (χ4v) is 1.51. The summed E-state index contributed by atoms with van der Waals surface area (Å²) < 4.78 is 5.12. The number of azide groups is 1. The Labute approximate surface area is 142 Å². The smallest absolute Gasteiger partial charge is 0.407 e. The molecule has 0 rings (SSSR count). The van der Waals surface area contributed by atoms with Crippen molar-refractivity contribution in [1.29, 1.82) is 0 Å². The zero-order valence-corrected chi connectivity index (χ0v) is 14.7. The lowest BCUT2D eigenvalue weighted by Gasteiger charge is -2.19. The number of nitrogens with two attached hydrogens (primary N) is 1. The maximum absolute atomic E-state index is 11.4. The summed E-state index contributed by atoms with van der Waals surface area (Å²) in [5.41, 5.74) is 8.27. The number of rotatable bonds is 11. The lowest BCUT2D eigenvalue weighted by atomic mass is 10.2. The Morgan fingerprint density at radius 2 is 2.00 bits per heavy atom. The number of carbonyl (C=O) groups excluding carboxylic acids is 1. The molecule has 0 atom stereocenters. The highest BCUT2D eigenvalue weighted by Gasteiger charge is 2.15. The first-order valence-electron chi connectivity index (χ1n) is 7.84. The van der Waals surface area contributed by atoms with Crippen LogP contribution in [0.1, 0.15) is 33.6 Å². The predicted octanol–water partition coefficient (Wildman–Crippen LogP) is 1.58. The van der Waals surface area contributed by atoms with Crippen LogP contribution in [0.4, 0.5) is 4.79 Å². The summed E-state index contributed by atoms with van der Waals surface area (Å²) in [4.78, 5) is 18.3. The van der Waals surface area contributed by atoms with E-state index in [9.17, 15) is 4.79 Å². The van der Waals surface area contributed by atoms with Crippen molar-refractivity contribution >= 4 is 18.0 Å². The number of aliphatic imine (C=N–C) groups is 1. The number of nitrogens with zero attached hydrogens (tertiary/aromatic N) is 5. The van der Waals surface area contributed by atoms with Gasteiger partial charge in [0, 0.05) is 37.3 Å². The summed E-state index contributed by atoms with van der Waals surface area (Å²) in [7, 11) is 0. The first-order chi connectivity index (χ1) is 11.4. The van der Waals surface area contributed by atoms with E-state index in [1.165, 1.54) is 0 Å². The Balaban J connectivity index is 3.76. The minimum atomic E-state index is -0.497. The molecule has 0 unspecified atom stereocenters. The summed E-state index contributed by atoms with van der Waals surface area (Å²) in [5.74, 6) is 5.29. The third-order valence-corrected chi connectivity index (χ3v) is 2.52. The van der Waals surface area contributed by atoms with E-state index >= 15 is 0 Å². The molecule has 0 heterocycles. The molecule has 0 aromatic rings. The second-order valence-corrected chi connectivity index (χ2v) is 5.92. The molecule has 0 spiro atoms. The van der Waals surface area contributed by atoms with Crippen molar-refractivity contribution in [3.05, 3.63) is 10.4 Å². The highest BCUT2D eigenvalue weighted by atomic mass is 16.6. The molecule has 0 aliphatic heterocycles. The molecule has 0 fully saturated rings. The van der Waals surface area contributed by atoms with Crippen molar-refractivity contribution in [2.45, 2.75) is 39.2 Å². The van der Waals surface area contributed by atoms with Crippen LogP contribution in [0.3, 0.4) is 0 Å². The molecular formula is C14H28N8O2. The van der Waals surface area contributed by atoms with Gasteiger partial charge in [-0.25, -0.2) is 4.79 Å². The van der Waals surface area contributed by atoms with Gasteiger partial charge < -0.3 is 21.2 Å². The summed E-state index contributed by atoms with van der Waals surface area (Å²) in [6, 6.07) is 0. The van der Waals surface area contributed by atoms with Crippen molar-refractivity contribution in [1.82, 2.24) is 10.6 Å². The van der Waals surface area contributed by atoms with Gasteiger partial charge in [0.05, 0.1) is 5.71 Å². The van der Waals surface area contributed by atoms with E-state index < -0.39 is 11.7 Å². The number of ether oxygens (including phenoxy) is 1. The molecule has 24 heavy (non-hydrogen) atoms. The van der Waals surface area contributed by atoms with Crippen LogP contribution < -0.4 is 16.5 Å². The lowest BCUT2D eigenvalue weighted by Crippen LogP contribution is -2.33. The molecule has 10 nitrogen and oxygen atoms in total. The second-order valence-electron chi connectivity index (χ2n) is 5.92. The third kappa shape index (κ3) is 14.6. The highest BCUT2D eigenvalue weighted by Crippen LogP contribution is 2.06. The van der Waals surface area contributed by atoms with Crippen molar-refractivity contribution in [3.63, 3.8) is 0 Å². The van der Waals surface area contributed by atoms with Crippen LogP contribution in [0, 0.1) is 0 Å². The molecule has 0 saturated heterocycles. The van der Waals surface area contributed by atoms with E-state index in [0.29, 0.717) is 44.9 Å². The maximum atomic E-state index is 11.4. The summed E-state index contributed by atoms with van der Waals surface area (Å²) in [6.45, 7) is 8.13. The van der Waals surface area contributed by atoms with Gasteiger partial charge in [0.1, 0.15) is 5.60 Å². The van der Waals surface area contributed by atoms with Gasteiger partial charge in [-0.15, -0.1) is 0 Å². The van der Waals surface area contributed by atoms with Crippen LogP contribution in [-0.2, 0) is 4.74 Å². The Hall–Kier alpha value is -2.32. The number of alkyl carbamates (subject to hydrolysis) is 1. The van der Waals surface area contributed by atoms with E-state index in [1.54, 1.807) is 6.21 Å². The van der Waals surface area contributed by atoms with Crippen molar-refractivity contribution in [2.75, 3.05) is 32.7 Å². The molecule has 136 valence electrons. The van der Waals surface area contributed by atoms with Gasteiger partial charge in [0.15, 0.2) is 0 Å². The molecule has 0 radical (unpaired) electrons. The Bertz CT molecular complexity index is 464. The van der Waals surface area contributed by atoms with Gasteiger partial charge in [0.25, 0.3) is 0 Å². The first kappa shape index (κ1) is 21.7. The van der Waals surface area contributed by atoms with Gasteiger partial charge >= 0.3 is 6.09 Å². The summed E-state index contributed by atoms with van der Waals surface area (Å²) in [6.07, 6.45) is 2.61. The van der Waals surface area contributed by atoms with Crippen LogP contribution in [0.15, 0.2) is 15.2 Å². The van der Waals surface area contributed by atoms with Gasteiger partial charge in [-0.2, -0.15) is 5.10 Å². The molecule has 0 saturated carbocycles. The molecule has 10 heteroatoms. The Kier molecular flexibility index (Phi) is 11.9. The van der Waals surface area contributed by atoms with Crippen LogP contribution >= 0.6 is 0 Å². The number of hydrogen-bond donors (Lipinski definition) is 3. The molecule has 0 aliphatic carbocycles. The predicted molar refractivity (Wildman–Crippen MR) is 95.3 cm³/mol. The van der Waals surface area contributed by atoms with Gasteiger partial charge in [-0.05, 0) is 45.7 Å². The fourth-order valence-electron chi connectivity index (χ4n) is 1.51. The Morgan fingerprint density at radius 3 is 2.62 bits per heavy atom. The second kappa shape index (κ2) is 13.1. The third-order valence-electron chi connectivity index (χ3n) is 2.52. The topological polar surface area (TPSA) is 150 Å². The number of amides is 1. The fraction of sp³-hybridized carbons (Fsp3) is 0.786. The van der Waals surface area contributed by atoms with E-state index in [1.807, 2.05) is 20.8 Å². The highest BCUT2D eigenvalue weighted by molar-refractivity contribution is 6.31. The van der Waals surface area contributed by atoms with Crippen LogP contribution in [0.5, 0.6) is 0 Å². The molecule has 0 aromatic carbocycles. The van der Waals surface area contributed by atoms with E-state index in [0.717, 1.165) is 6.42 Å². The summed E-state index contributed by atoms with van der Waals surface area (Å²) >= 11 is 0. The van der Waals surface area contributed by atoms with Crippen LogP contribution in [0.25, 0.3) is 10.4 Å². The van der Waals surface area contributed by atoms with Crippen molar-refractivity contribution < 1.29 is 9.53 Å². The number of hydrazone groups is 1. The summed E-state index contributed by atoms with van der Waals surface area (Å²) in [5, 5.41) is 12.9. The number of hydrogen-bond acceptors (Lipinski definition) is 7. The maximum Gasteiger partial charge on any atom is 0.407 e. The average molecular weight is 340 g/mol. The average Bonchev–Trinajstić information content (AvgIpc) is 2.50. The molecular weight excluding hydrogens is 312 g/mol. The zero-order valence-electron chi connectivity index (χ0n) is 14.7. The monoisotopic (exact) mass is 340 g/mol. The quantitative estimate of drug-likeness (QED) is 0.0994. The van der Waals surface area contributed by atoms with Crippen molar-refractivity contribution in [2.24, 2.45) is 21.1 Å². The van der Waals surface area contributed by atoms with Crippen molar-refractivity contribution in [3.8, 4) is 0 Å². The van der Waals surface area contributed by atoms with Gasteiger partial charge in [0.2, 0.25) is 0 Å². The molecule has 1 amide bonds. The SMILES string of the molecule is CC(C)(C)OC(=O)NCCCN=C/C(CNCCCN=[N+]=[N-])=N\N. The van der Waals surface area contributed by atoms with Crippen LogP contribution in [-0.4, -0.2) is 56.3 Å². The Morgan fingerprint density at radius 1 is 1.29 bits per heavy atom. The van der Waals surface area contributed by atoms with Gasteiger partial charge in [-0.3, -0.25) is 4.99 Å². The minimum absolute atomic E-state index is 0.430. The van der Waals surface area contributed by atoms with E-state index in [-0.39, 0.29) is 0 Å². The molecule has 0 aliphatic rings. The normalized spacial score (nSPS) is 12.0. The number of nitrogens with one attached hydrogen (secondary N) is 2. The molecule has 4 N–H and O–H groups in total. The lowest BCUT2D eigenvalue weighted by molar-refractivity contribution is 0.0527. The van der Waals surface area contributed by atoms with E-state index in [4.69, 9.17) is 16.1 Å². The minimum Gasteiger partial charge on any atom is -0.444 e.